The zero-order valence-electron chi connectivity index (χ0n) is 15.7. The normalized spacial score (nSPS) is 27.6. The van der Waals surface area contributed by atoms with Crippen LogP contribution in [0.5, 0.6) is 0 Å². The standard InChI is InChI=1S/C19H30N4O2S/c1-20-19(23-9-11-25-17(14-23)16-3-2-10-24-16)21-6-8-22-7-4-18-15(13-22)5-12-26-18/h5,12,16-17H,2-4,6-11,13-14H2,1H3,(H,20,21). The highest BCUT2D eigenvalue weighted by atomic mass is 32.1. The smallest absolute Gasteiger partial charge is 0.193 e. The van der Waals surface area contributed by atoms with Crippen LogP contribution >= 0.6 is 11.3 Å². The maximum Gasteiger partial charge on any atom is 0.193 e. The zero-order valence-corrected chi connectivity index (χ0v) is 16.5. The number of ether oxygens (including phenoxy) is 2. The summed E-state index contributed by atoms with van der Waals surface area (Å²) in [5.74, 6) is 0.990. The van der Waals surface area contributed by atoms with Gasteiger partial charge in [-0.3, -0.25) is 9.89 Å². The van der Waals surface area contributed by atoms with Crippen molar-refractivity contribution in [3.8, 4) is 0 Å². The van der Waals surface area contributed by atoms with Gasteiger partial charge in [0.2, 0.25) is 0 Å². The third-order valence-electron chi connectivity index (χ3n) is 5.58. The molecule has 0 saturated carbocycles. The lowest BCUT2D eigenvalue weighted by Crippen LogP contribution is -2.54. The average Bonchev–Trinajstić information content (AvgIpc) is 3.36. The van der Waals surface area contributed by atoms with E-state index in [1.165, 1.54) is 12.0 Å². The van der Waals surface area contributed by atoms with Crippen LogP contribution in [-0.4, -0.2) is 81.0 Å². The van der Waals surface area contributed by atoms with E-state index in [1.807, 2.05) is 18.4 Å². The Morgan fingerprint density at radius 2 is 2.23 bits per heavy atom. The summed E-state index contributed by atoms with van der Waals surface area (Å²) in [5.41, 5.74) is 1.51. The summed E-state index contributed by atoms with van der Waals surface area (Å²) >= 11 is 1.90. The minimum atomic E-state index is 0.170. The van der Waals surface area contributed by atoms with E-state index in [-0.39, 0.29) is 12.2 Å². The lowest BCUT2D eigenvalue weighted by molar-refractivity contribution is -0.0817. The molecular formula is C19H30N4O2S. The summed E-state index contributed by atoms with van der Waals surface area (Å²) in [6.45, 7) is 7.60. The molecule has 6 nitrogen and oxygen atoms in total. The van der Waals surface area contributed by atoms with E-state index in [9.17, 15) is 0 Å². The highest BCUT2D eigenvalue weighted by molar-refractivity contribution is 7.10. The molecule has 2 fully saturated rings. The molecule has 3 aliphatic heterocycles. The van der Waals surface area contributed by atoms with Crippen LogP contribution in [0, 0.1) is 0 Å². The first kappa shape index (κ1) is 18.2. The molecule has 0 spiro atoms. The molecule has 144 valence electrons. The molecule has 4 rings (SSSR count). The first-order valence-electron chi connectivity index (χ1n) is 9.80. The van der Waals surface area contributed by atoms with Crippen LogP contribution in [0.4, 0.5) is 0 Å². The van der Waals surface area contributed by atoms with E-state index < -0.39 is 0 Å². The molecule has 0 aromatic carbocycles. The van der Waals surface area contributed by atoms with Gasteiger partial charge < -0.3 is 19.7 Å². The fraction of sp³-hybridized carbons (Fsp3) is 0.737. The van der Waals surface area contributed by atoms with E-state index in [4.69, 9.17) is 9.47 Å². The van der Waals surface area contributed by atoms with Crippen molar-refractivity contribution in [2.45, 2.75) is 38.0 Å². The molecule has 1 N–H and O–H groups in total. The summed E-state index contributed by atoms with van der Waals surface area (Å²) in [7, 11) is 1.87. The molecule has 3 aliphatic rings. The topological polar surface area (TPSA) is 49.3 Å². The second kappa shape index (κ2) is 8.69. The van der Waals surface area contributed by atoms with Crippen LogP contribution in [0.15, 0.2) is 16.4 Å². The molecule has 1 aromatic heterocycles. The minimum Gasteiger partial charge on any atom is -0.375 e. The van der Waals surface area contributed by atoms with Crippen molar-refractivity contribution in [2.24, 2.45) is 4.99 Å². The first-order chi connectivity index (χ1) is 12.8. The number of nitrogens with zero attached hydrogens (tertiary/aromatic N) is 3. The highest BCUT2D eigenvalue weighted by Gasteiger charge is 2.32. The van der Waals surface area contributed by atoms with Gasteiger partial charge in [-0.15, -0.1) is 11.3 Å². The average molecular weight is 379 g/mol. The Bertz CT molecular complexity index is 614. The highest BCUT2D eigenvalue weighted by Crippen LogP contribution is 2.23. The Hall–Kier alpha value is -1.15. The summed E-state index contributed by atoms with van der Waals surface area (Å²) < 4.78 is 11.8. The molecule has 7 heteroatoms. The number of thiophene rings is 1. The fourth-order valence-corrected chi connectivity index (χ4v) is 5.03. The quantitative estimate of drug-likeness (QED) is 0.637. The third kappa shape index (κ3) is 4.22. The van der Waals surface area contributed by atoms with Crippen molar-refractivity contribution in [2.75, 3.05) is 53.0 Å². The number of guanidine groups is 1. The molecule has 2 unspecified atom stereocenters. The Balaban J connectivity index is 1.24. The zero-order chi connectivity index (χ0) is 17.8. The molecule has 0 bridgehead atoms. The number of hydrogen-bond donors (Lipinski definition) is 1. The first-order valence-corrected chi connectivity index (χ1v) is 10.7. The van der Waals surface area contributed by atoms with Crippen molar-refractivity contribution in [1.29, 1.82) is 0 Å². The second-order valence-electron chi connectivity index (χ2n) is 7.28. The SMILES string of the molecule is CN=C(NCCN1CCc2sccc2C1)N1CCOC(C2CCCO2)C1. The lowest BCUT2D eigenvalue weighted by Gasteiger charge is -2.37. The molecular weight excluding hydrogens is 348 g/mol. The van der Waals surface area contributed by atoms with Crippen molar-refractivity contribution in [1.82, 2.24) is 15.1 Å². The predicted octanol–water partition coefficient (Wildman–Crippen LogP) is 1.56. The molecule has 26 heavy (non-hydrogen) atoms. The van der Waals surface area contributed by atoms with E-state index in [1.54, 1.807) is 4.88 Å². The summed E-state index contributed by atoms with van der Waals surface area (Å²) in [6, 6.07) is 2.28. The Kier molecular flexibility index (Phi) is 6.09. The van der Waals surface area contributed by atoms with Gasteiger partial charge in [0.05, 0.1) is 12.7 Å². The Labute approximate surface area is 160 Å². The molecule has 0 aliphatic carbocycles. The number of fused-ring (bicyclic) bond motifs is 1. The van der Waals surface area contributed by atoms with Crippen LogP contribution in [0.1, 0.15) is 23.3 Å². The van der Waals surface area contributed by atoms with Crippen molar-refractivity contribution in [3.63, 3.8) is 0 Å². The summed E-state index contributed by atoms with van der Waals surface area (Å²) in [6.07, 6.45) is 3.88. The minimum absolute atomic E-state index is 0.170. The van der Waals surface area contributed by atoms with Gasteiger partial charge in [-0.1, -0.05) is 0 Å². The van der Waals surface area contributed by atoms with E-state index in [0.717, 1.165) is 71.3 Å². The summed E-state index contributed by atoms with van der Waals surface area (Å²) in [5, 5.41) is 5.78. The van der Waals surface area contributed by atoms with Crippen LogP contribution in [-0.2, 0) is 22.4 Å². The van der Waals surface area contributed by atoms with Gasteiger partial charge in [-0.05, 0) is 36.3 Å². The second-order valence-corrected chi connectivity index (χ2v) is 8.28. The number of aliphatic imine (C=N–C) groups is 1. The van der Waals surface area contributed by atoms with Crippen LogP contribution < -0.4 is 5.32 Å². The van der Waals surface area contributed by atoms with E-state index >= 15 is 0 Å². The third-order valence-corrected chi connectivity index (χ3v) is 6.61. The van der Waals surface area contributed by atoms with Gasteiger partial charge in [0.25, 0.3) is 0 Å². The van der Waals surface area contributed by atoms with Crippen LogP contribution in [0.25, 0.3) is 0 Å². The van der Waals surface area contributed by atoms with E-state index in [0.29, 0.717) is 0 Å². The van der Waals surface area contributed by atoms with Crippen molar-refractivity contribution in [3.05, 3.63) is 21.9 Å². The van der Waals surface area contributed by atoms with Crippen molar-refractivity contribution >= 4 is 17.3 Å². The number of nitrogens with one attached hydrogen (secondary N) is 1. The van der Waals surface area contributed by atoms with Gasteiger partial charge in [0.1, 0.15) is 6.10 Å². The van der Waals surface area contributed by atoms with Gasteiger partial charge >= 0.3 is 0 Å². The van der Waals surface area contributed by atoms with Gasteiger partial charge in [-0.2, -0.15) is 0 Å². The maximum absolute atomic E-state index is 5.96. The molecule has 4 heterocycles. The molecule has 2 atom stereocenters. The van der Waals surface area contributed by atoms with Crippen LogP contribution in [0.2, 0.25) is 0 Å². The van der Waals surface area contributed by atoms with Gasteiger partial charge in [0.15, 0.2) is 5.96 Å². The lowest BCUT2D eigenvalue weighted by atomic mass is 10.1. The summed E-state index contributed by atoms with van der Waals surface area (Å²) in [4.78, 5) is 10.9. The molecule has 0 amide bonds. The van der Waals surface area contributed by atoms with Crippen LogP contribution in [0.3, 0.4) is 0 Å². The Morgan fingerprint density at radius 1 is 1.31 bits per heavy atom. The number of morpholine rings is 1. The largest absolute Gasteiger partial charge is 0.375 e. The monoisotopic (exact) mass is 378 g/mol. The fourth-order valence-electron chi connectivity index (χ4n) is 4.14. The predicted molar refractivity (Wildman–Crippen MR) is 105 cm³/mol. The van der Waals surface area contributed by atoms with E-state index in [2.05, 4.69) is 31.6 Å². The van der Waals surface area contributed by atoms with Gasteiger partial charge in [-0.25, -0.2) is 0 Å². The van der Waals surface area contributed by atoms with Gasteiger partial charge in [0, 0.05) is 57.8 Å². The molecule has 2 saturated heterocycles. The number of rotatable bonds is 4. The number of hydrogen-bond acceptors (Lipinski definition) is 5. The maximum atomic E-state index is 5.96. The van der Waals surface area contributed by atoms with Crippen molar-refractivity contribution < 1.29 is 9.47 Å². The Morgan fingerprint density at radius 3 is 3.08 bits per heavy atom. The molecule has 1 aromatic rings. The molecule has 0 radical (unpaired) electrons.